The van der Waals surface area contributed by atoms with Crippen LogP contribution in [0.15, 0.2) is 66.7 Å². The molecular weight excluding hydrogens is 470 g/mol. The quantitative estimate of drug-likeness (QED) is 0.372. The van der Waals surface area contributed by atoms with Crippen molar-refractivity contribution in [3.63, 3.8) is 0 Å². The van der Waals surface area contributed by atoms with E-state index in [4.69, 9.17) is 23.8 Å². The van der Waals surface area contributed by atoms with E-state index in [0.29, 0.717) is 22.2 Å². The molecule has 0 fully saturated rings. The van der Waals surface area contributed by atoms with Crippen LogP contribution >= 0.6 is 23.8 Å². The summed E-state index contributed by atoms with van der Waals surface area (Å²) in [5.41, 5.74) is 4.83. The minimum Gasteiger partial charge on any atom is -0.480 e. The summed E-state index contributed by atoms with van der Waals surface area (Å²) in [6, 6.07) is 19.8. The average Bonchev–Trinajstić information content (AvgIpc) is 3.09. The van der Waals surface area contributed by atoms with Gasteiger partial charge in [0.05, 0.1) is 0 Å². The third-order valence-electron chi connectivity index (χ3n) is 5.72. The summed E-state index contributed by atoms with van der Waals surface area (Å²) in [7, 11) is 0. The molecule has 6 nitrogen and oxygen atoms in total. The Morgan fingerprint density at radius 3 is 2.32 bits per heavy atom. The summed E-state index contributed by atoms with van der Waals surface area (Å²) in [6.07, 6.45) is 0. The molecule has 3 N–H and O–H groups in total. The van der Waals surface area contributed by atoms with E-state index in [0.717, 1.165) is 28.1 Å². The molecule has 0 saturated carbocycles. The van der Waals surface area contributed by atoms with Gasteiger partial charge < -0.3 is 20.6 Å². The number of nitrogens with zero attached hydrogens (tertiary/aromatic N) is 1. The Morgan fingerprint density at radius 1 is 1.00 bits per heavy atom. The number of anilines is 2. The Bertz CT molecular complexity index is 1260. The smallest absolute Gasteiger partial charge is 0.326 e. The van der Waals surface area contributed by atoms with Crippen molar-refractivity contribution < 1.29 is 14.7 Å². The number of fused-ring (bicyclic) bond motifs is 1. The van der Waals surface area contributed by atoms with Crippen LogP contribution in [-0.4, -0.2) is 33.0 Å². The number of thiocarbonyl (C=S) groups is 1. The number of hydrogen-bond acceptors (Lipinski definition) is 3. The van der Waals surface area contributed by atoms with Gasteiger partial charge >= 0.3 is 5.97 Å². The Hall–Kier alpha value is -3.42. The minimum absolute atomic E-state index is 0.185. The lowest BCUT2D eigenvalue weighted by molar-refractivity contribution is -0.144. The fourth-order valence-electron chi connectivity index (χ4n) is 4.11. The van der Waals surface area contributed by atoms with Gasteiger partial charge in [-0.05, 0) is 71.2 Å². The molecule has 0 aliphatic carbocycles. The number of hydrogen-bond donors (Lipinski definition) is 3. The predicted octanol–water partition coefficient (Wildman–Crippen LogP) is 5.88. The number of carbonyl (C=O) groups excluding carboxylic acids is 1. The molecular formula is C26H24ClN3O3S. The normalized spacial score (nSPS) is 13.5. The molecule has 8 heteroatoms. The molecule has 0 radical (unpaired) electrons. The Balaban J connectivity index is 1.47. The summed E-state index contributed by atoms with van der Waals surface area (Å²) in [6.45, 7) is 3.93. The molecule has 0 bridgehead atoms. The van der Waals surface area contributed by atoms with Gasteiger partial charge in [0.1, 0.15) is 6.04 Å². The monoisotopic (exact) mass is 493 g/mol. The van der Waals surface area contributed by atoms with Gasteiger partial charge in [-0.2, -0.15) is 0 Å². The van der Waals surface area contributed by atoms with Crippen molar-refractivity contribution in [2.45, 2.75) is 26.4 Å². The lowest BCUT2D eigenvalue weighted by Gasteiger charge is -2.27. The molecule has 4 rings (SSSR count). The highest BCUT2D eigenvalue weighted by Crippen LogP contribution is 2.31. The molecule has 174 valence electrons. The zero-order valence-electron chi connectivity index (χ0n) is 18.7. The predicted molar refractivity (Wildman–Crippen MR) is 139 cm³/mol. The number of halogens is 1. The Morgan fingerprint density at radius 2 is 1.68 bits per heavy atom. The first-order valence-corrected chi connectivity index (χ1v) is 11.6. The van der Waals surface area contributed by atoms with E-state index in [-0.39, 0.29) is 11.8 Å². The molecule has 0 spiro atoms. The molecule has 3 aromatic rings. The Kier molecular flexibility index (Phi) is 6.86. The molecule has 1 amide bonds. The van der Waals surface area contributed by atoms with Crippen molar-refractivity contribution in [1.29, 1.82) is 0 Å². The van der Waals surface area contributed by atoms with Crippen molar-refractivity contribution in [2.75, 3.05) is 10.6 Å². The summed E-state index contributed by atoms with van der Waals surface area (Å²) in [5, 5.41) is 16.9. The molecule has 3 aromatic carbocycles. The van der Waals surface area contributed by atoms with Crippen molar-refractivity contribution in [3.8, 4) is 11.1 Å². The summed E-state index contributed by atoms with van der Waals surface area (Å²) in [5.74, 6) is -1.41. The molecule has 1 aliphatic heterocycles. The molecule has 0 aromatic heterocycles. The maximum Gasteiger partial charge on any atom is 0.326 e. The fourth-order valence-corrected chi connectivity index (χ4v) is 4.54. The molecule has 0 saturated heterocycles. The van der Waals surface area contributed by atoms with Crippen LogP contribution < -0.4 is 10.6 Å². The third-order valence-corrected chi connectivity index (χ3v) is 6.16. The van der Waals surface area contributed by atoms with E-state index < -0.39 is 12.0 Å². The Labute approximate surface area is 208 Å². The maximum absolute atomic E-state index is 13.0. The second-order valence-corrected chi connectivity index (χ2v) is 9.34. The van der Waals surface area contributed by atoms with Crippen LogP contribution in [0.3, 0.4) is 0 Å². The van der Waals surface area contributed by atoms with Gasteiger partial charge in [0.2, 0.25) is 0 Å². The van der Waals surface area contributed by atoms with E-state index in [1.807, 2.05) is 68.4 Å². The van der Waals surface area contributed by atoms with Crippen LogP contribution in [0.25, 0.3) is 11.1 Å². The van der Waals surface area contributed by atoms with Gasteiger partial charge in [0, 0.05) is 28.5 Å². The number of aliphatic carboxylic acids is 1. The number of carboxylic acid groups (broad SMARTS) is 1. The number of carboxylic acids is 1. The highest BCUT2D eigenvalue weighted by molar-refractivity contribution is 7.80. The highest BCUT2D eigenvalue weighted by Gasteiger charge is 2.38. The van der Waals surface area contributed by atoms with E-state index >= 15 is 0 Å². The number of rotatable bonds is 6. The summed E-state index contributed by atoms with van der Waals surface area (Å²) < 4.78 is 0. The van der Waals surface area contributed by atoms with Gasteiger partial charge in [-0.15, -0.1) is 0 Å². The van der Waals surface area contributed by atoms with Crippen LogP contribution in [0.2, 0.25) is 5.02 Å². The first-order valence-electron chi connectivity index (χ1n) is 10.8. The third kappa shape index (κ3) is 5.05. The molecule has 0 unspecified atom stereocenters. The second-order valence-electron chi connectivity index (χ2n) is 8.50. The largest absolute Gasteiger partial charge is 0.480 e. The standard InChI is InChI=1S/C26H24ClN3O3S/c1-15(2)23(25(32)33)30-14-18-7-6-17(12-22(18)24(30)31)16-8-10-20(11-9-16)28-26(34)29-21-5-3-4-19(27)13-21/h3-13,15,23H,14H2,1-2H3,(H,32,33)(H2,28,29,34)/t23-/m0/s1. The first kappa shape index (κ1) is 23.7. The topological polar surface area (TPSA) is 81.7 Å². The van der Waals surface area contributed by atoms with E-state index in [2.05, 4.69) is 10.6 Å². The lowest BCUT2D eigenvalue weighted by atomic mass is 10.00. The molecule has 1 heterocycles. The summed E-state index contributed by atoms with van der Waals surface area (Å²) >= 11 is 11.4. The van der Waals surface area contributed by atoms with Crippen molar-refractivity contribution in [2.24, 2.45) is 5.92 Å². The number of nitrogens with one attached hydrogen (secondary N) is 2. The first-order chi connectivity index (χ1) is 16.2. The van der Waals surface area contributed by atoms with Crippen molar-refractivity contribution >= 4 is 52.2 Å². The average molecular weight is 494 g/mol. The van der Waals surface area contributed by atoms with Crippen LogP contribution in [0.1, 0.15) is 29.8 Å². The molecule has 1 aliphatic rings. The highest BCUT2D eigenvalue weighted by atomic mass is 35.5. The van der Waals surface area contributed by atoms with Crippen molar-refractivity contribution in [3.05, 3.63) is 82.9 Å². The van der Waals surface area contributed by atoms with Crippen LogP contribution in [-0.2, 0) is 11.3 Å². The molecule has 34 heavy (non-hydrogen) atoms. The van der Waals surface area contributed by atoms with Gasteiger partial charge in [0.15, 0.2) is 5.11 Å². The lowest BCUT2D eigenvalue weighted by Crippen LogP contribution is -2.44. The van der Waals surface area contributed by atoms with Crippen LogP contribution in [0, 0.1) is 5.92 Å². The number of amides is 1. The zero-order valence-corrected chi connectivity index (χ0v) is 20.3. The van der Waals surface area contributed by atoms with E-state index in [1.54, 1.807) is 12.1 Å². The molecule has 1 atom stereocenters. The van der Waals surface area contributed by atoms with Gasteiger partial charge in [-0.25, -0.2) is 4.79 Å². The van der Waals surface area contributed by atoms with Crippen LogP contribution in [0.5, 0.6) is 0 Å². The van der Waals surface area contributed by atoms with E-state index in [1.165, 1.54) is 4.90 Å². The zero-order chi connectivity index (χ0) is 24.4. The van der Waals surface area contributed by atoms with Gasteiger partial charge in [-0.1, -0.05) is 55.8 Å². The number of carbonyl (C=O) groups is 2. The van der Waals surface area contributed by atoms with Crippen LogP contribution in [0.4, 0.5) is 11.4 Å². The van der Waals surface area contributed by atoms with Crippen molar-refractivity contribution in [1.82, 2.24) is 4.90 Å². The number of benzene rings is 3. The van der Waals surface area contributed by atoms with E-state index in [9.17, 15) is 14.7 Å². The van der Waals surface area contributed by atoms with Gasteiger partial charge in [-0.3, -0.25) is 4.79 Å². The summed E-state index contributed by atoms with van der Waals surface area (Å²) in [4.78, 5) is 26.2. The SMILES string of the molecule is CC(C)[C@@H](C(=O)O)N1Cc2ccc(-c3ccc(NC(=S)Nc4cccc(Cl)c4)cc3)cc2C1=O. The second kappa shape index (κ2) is 9.83. The maximum atomic E-state index is 13.0. The minimum atomic E-state index is -0.984. The van der Waals surface area contributed by atoms with Gasteiger partial charge in [0.25, 0.3) is 5.91 Å². The fraction of sp³-hybridized carbons (Fsp3) is 0.192.